The Morgan fingerprint density at radius 3 is 2.71 bits per heavy atom. The van der Waals surface area contributed by atoms with Crippen LogP contribution in [0.5, 0.6) is 0 Å². The summed E-state index contributed by atoms with van der Waals surface area (Å²) in [5.74, 6) is -0.617. The summed E-state index contributed by atoms with van der Waals surface area (Å²) in [4.78, 5) is 24.6. The van der Waals surface area contributed by atoms with E-state index in [9.17, 15) is 9.59 Å². The van der Waals surface area contributed by atoms with Crippen molar-refractivity contribution in [3.63, 3.8) is 0 Å². The normalized spacial score (nSPS) is 37.6. The summed E-state index contributed by atoms with van der Waals surface area (Å²) in [6, 6.07) is 0. The molecule has 3 rings (SSSR count). The molecule has 3 aliphatic rings. The van der Waals surface area contributed by atoms with Crippen molar-refractivity contribution in [2.75, 3.05) is 0 Å². The molecule has 4 nitrogen and oxygen atoms in total. The Morgan fingerprint density at radius 2 is 1.96 bits per heavy atom. The molecule has 4 heteroatoms. The Morgan fingerprint density at radius 1 is 1.21 bits per heavy atom. The molecule has 2 fully saturated rings. The van der Waals surface area contributed by atoms with Crippen LogP contribution >= 0.6 is 0 Å². The Kier molecular flexibility index (Phi) is 4.52. The largest absolute Gasteiger partial charge is 0.454 e. The highest BCUT2D eigenvalue weighted by atomic mass is 16.6. The van der Waals surface area contributed by atoms with Crippen molar-refractivity contribution in [2.45, 2.75) is 70.7 Å². The minimum absolute atomic E-state index is 0.0155. The quantitative estimate of drug-likeness (QED) is 0.294. The molecule has 2 aliphatic heterocycles. The summed E-state index contributed by atoms with van der Waals surface area (Å²) in [5.41, 5.74) is 2.21. The standard InChI is InChI=1S/C20H26O4/c1-12-6-5-7-13(2)10-16-15(14(3)19(22)23-16)11-17(21)20(4)18(24-20)9-8-12/h6,10,15-16,18H,3,5,7-9,11H2,1-2,4H3/t15-,16-,18-,20-/m0/s1. The van der Waals surface area contributed by atoms with E-state index in [4.69, 9.17) is 9.47 Å². The highest BCUT2D eigenvalue weighted by Crippen LogP contribution is 2.44. The summed E-state index contributed by atoms with van der Waals surface area (Å²) >= 11 is 0. The number of rotatable bonds is 0. The molecule has 24 heavy (non-hydrogen) atoms. The molecule has 0 aromatic rings. The van der Waals surface area contributed by atoms with E-state index in [0.29, 0.717) is 5.57 Å². The van der Waals surface area contributed by atoms with Gasteiger partial charge >= 0.3 is 5.97 Å². The van der Waals surface area contributed by atoms with Crippen molar-refractivity contribution < 1.29 is 19.1 Å². The molecule has 0 unspecified atom stereocenters. The van der Waals surface area contributed by atoms with Crippen LogP contribution in [0.2, 0.25) is 0 Å². The van der Waals surface area contributed by atoms with Gasteiger partial charge in [-0.15, -0.1) is 0 Å². The van der Waals surface area contributed by atoms with Gasteiger partial charge in [0, 0.05) is 17.9 Å². The van der Waals surface area contributed by atoms with Gasteiger partial charge in [-0.3, -0.25) is 4.79 Å². The lowest BCUT2D eigenvalue weighted by molar-refractivity contribution is -0.137. The lowest BCUT2D eigenvalue weighted by Gasteiger charge is -2.17. The summed E-state index contributed by atoms with van der Waals surface area (Å²) in [7, 11) is 0. The summed E-state index contributed by atoms with van der Waals surface area (Å²) in [5, 5.41) is 0. The van der Waals surface area contributed by atoms with Crippen molar-refractivity contribution in [3.05, 3.63) is 35.5 Å². The van der Waals surface area contributed by atoms with E-state index < -0.39 is 5.60 Å². The van der Waals surface area contributed by atoms with E-state index in [-0.39, 0.29) is 36.3 Å². The van der Waals surface area contributed by atoms with E-state index in [1.54, 1.807) is 0 Å². The van der Waals surface area contributed by atoms with E-state index in [0.717, 1.165) is 25.7 Å². The van der Waals surface area contributed by atoms with Crippen LogP contribution in [0.15, 0.2) is 35.5 Å². The van der Waals surface area contributed by atoms with Crippen LogP contribution in [0, 0.1) is 5.92 Å². The molecule has 0 amide bonds. The molecule has 0 aromatic heterocycles. The van der Waals surface area contributed by atoms with Crippen molar-refractivity contribution in [3.8, 4) is 0 Å². The Balaban J connectivity index is 1.86. The van der Waals surface area contributed by atoms with E-state index >= 15 is 0 Å². The average molecular weight is 330 g/mol. The number of hydrogen-bond acceptors (Lipinski definition) is 4. The topological polar surface area (TPSA) is 55.9 Å². The van der Waals surface area contributed by atoms with Gasteiger partial charge in [0.1, 0.15) is 11.7 Å². The molecule has 0 aromatic carbocycles. The monoisotopic (exact) mass is 330 g/mol. The zero-order valence-corrected chi connectivity index (χ0v) is 14.8. The molecule has 2 heterocycles. The predicted octanol–water partition coefficient (Wildman–Crippen LogP) is 3.67. The number of allylic oxidation sites excluding steroid dienone is 3. The van der Waals surface area contributed by atoms with Crippen LogP contribution in [-0.4, -0.2) is 29.6 Å². The maximum Gasteiger partial charge on any atom is 0.334 e. The fourth-order valence-corrected chi connectivity index (χ4v) is 3.63. The number of carbonyl (C=O) groups is 2. The molecule has 0 bridgehead atoms. The second-order valence-electron chi connectivity index (χ2n) is 7.48. The summed E-state index contributed by atoms with van der Waals surface area (Å²) in [6.45, 7) is 9.88. The predicted molar refractivity (Wildman–Crippen MR) is 91.4 cm³/mol. The zero-order valence-electron chi connectivity index (χ0n) is 14.8. The van der Waals surface area contributed by atoms with Crippen LogP contribution in [-0.2, 0) is 19.1 Å². The van der Waals surface area contributed by atoms with E-state index in [2.05, 4.69) is 19.6 Å². The number of Topliss-reactive ketones (excluding diaryl/α,β-unsaturated/α-hetero) is 1. The van der Waals surface area contributed by atoms with Crippen molar-refractivity contribution in [1.29, 1.82) is 0 Å². The second-order valence-corrected chi connectivity index (χ2v) is 7.48. The molecular weight excluding hydrogens is 304 g/mol. The maximum atomic E-state index is 12.7. The SMILES string of the molecule is C=C1C(=O)O[C@H]2C=C(C)CCC=C(C)CC[C@@H]3O[C@@]3(C)C(=O)C[C@@H]12. The first-order chi connectivity index (χ1) is 11.3. The van der Waals surface area contributed by atoms with Gasteiger partial charge in [0.2, 0.25) is 0 Å². The van der Waals surface area contributed by atoms with Crippen molar-refractivity contribution in [1.82, 2.24) is 0 Å². The highest BCUT2D eigenvalue weighted by Gasteiger charge is 2.58. The first kappa shape index (κ1) is 17.2. The lowest BCUT2D eigenvalue weighted by atomic mass is 9.85. The maximum absolute atomic E-state index is 12.7. The molecule has 4 atom stereocenters. The van der Waals surface area contributed by atoms with Gasteiger partial charge in [-0.05, 0) is 52.5 Å². The Hall–Kier alpha value is -1.68. The van der Waals surface area contributed by atoms with Crippen molar-refractivity contribution >= 4 is 11.8 Å². The zero-order chi connectivity index (χ0) is 17.5. The first-order valence-corrected chi connectivity index (χ1v) is 8.75. The summed E-state index contributed by atoms with van der Waals surface area (Å²) < 4.78 is 11.2. The molecule has 0 saturated carbocycles. The van der Waals surface area contributed by atoms with E-state index in [1.807, 2.05) is 19.9 Å². The molecule has 0 radical (unpaired) electrons. The third-order valence-electron chi connectivity index (χ3n) is 5.53. The number of carbonyl (C=O) groups excluding carboxylic acids is 2. The van der Waals surface area contributed by atoms with Crippen LogP contribution in [0.1, 0.15) is 52.9 Å². The summed E-state index contributed by atoms with van der Waals surface area (Å²) in [6.07, 6.45) is 7.80. The van der Waals surface area contributed by atoms with Gasteiger partial charge in [-0.2, -0.15) is 0 Å². The minimum Gasteiger partial charge on any atom is -0.454 e. The third kappa shape index (κ3) is 3.25. The number of ketones is 1. The number of fused-ring (bicyclic) bond motifs is 2. The smallest absolute Gasteiger partial charge is 0.334 e. The molecule has 2 saturated heterocycles. The third-order valence-corrected chi connectivity index (χ3v) is 5.53. The van der Waals surface area contributed by atoms with Gasteiger partial charge < -0.3 is 9.47 Å². The van der Waals surface area contributed by atoms with Crippen molar-refractivity contribution in [2.24, 2.45) is 5.92 Å². The fourth-order valence-electron chi connectivity index (χ4n) is 3.63. The van der Waals surface area contributed by atoms with Gasteiger partial charge in [0.25, 0.3) is 0 Å². The van der Waals surface area contributed by atoms with Crippen LogP contribution < -0.4 is 0 Å². The fraction of sp³-hybridized carbons (Fsp3) is 0.600. The first-order valence-electron chi connectivity index (χ1n) is 8.75. The number of epoxide rings is 1. The van der Waals surface area contributed by atoms with Crippen LogP contribution in [0.3, 0.4) is 0 Å². The number of hydrogen-bond donors (Lipinski definition) is 0. The van der Waals surface area contributed by atoms with Gasteiger partial charge in [-0.1, -0.05) is 23.8 Å². The van der Waals surface area contributed by atoms with Gasteiger partial charge in [-0.25, -0.2) is 4.79 Å². The number of ether oxygens (including phenoxy) is 2. The lowest BCUT2D eigenvalue weighted by Crippen LogP contribution is -2.29. The number of esters is 1. The minimum atomic E-state index is -0.709. The highest BCUT2D eigenvalue weighted by molar-refractivity contribution is 5.95. The Labute approximate surface area is 143 Å². The average Bonchev–Trinajstić information content (AvgIpc) is 3.13. The molecular formula is C20H26O4. The van der Waals surface area contributed by atoms with Crippen LogP contribution in [0.4, 0.5) is 0 Å². The molecule has 1 aliphatic carbocycles. The van der Waals surface area contributed by atoms with Gasteiger partial charge in [0.05, 0.1) is 6.10 Å². The Bertz CT molecular complexity index is 642. The van der Waals surface area contributed by atoms with E-state index in [1.165, 1.54) is 11.1 Å². The molecule has 0 N–H and O–H groups in total. The van der Waals surface area contributed by atoms with Crippen LogP contribution in [0.25, 0.3) is 0 Å². The molecule has 0 spiro atoms. The second kappa shape index (κ2) is 6.32. The molecule has 130 valence electrons. The van der Waals surface area contributed by atoms with Gasteiger partial charge in [0.15, 0.2) is 5.78 Å².